The fourth-order valence-electron chi connectivity index (χ4n) is 2.71. The van der Waals surface area contributed by atoms with E-state index in [2.05, 4.69) is 20.4 Å². The van der Waals surface area contributed by atoms with Crippen LogP contribution in [0.5, 0.6) is 0 Å². The highest BCUT2D eigenvalue weighted by molar-refractivity contribution is 5.69. The van der Waals surface area contributed by atoms with E-state index in [4.69, 9.17) is 4.74 Å². The average molecular weight is 238 g/mol. The van der Waals surface area contributed by atoms with E-state index in [1.54, 1.807) is 0 Å². The average Bonchev–Trinajstić information content (AvgIpc) is 2.13. The SMILES string of the molecule is C=C(C)[C@@H]1CC[C@@]1(C)CCOC(=O)CC(C)C. The van der Waals surface area contributed by atoms with Crippen molar-refractivity contribution in [2.24, 2.45) is 17.3 Å². The molecule has 0 unspecified atom stereocenters. The first-order chi connectivity index (χ1) is 7.85. The molecule has 0 aliphatic heterocycles. The summed E-state index contributed by atoms with van der Waals surface area (Å²) in [6, 6.07) is 0. The molecule has 2 heteroatoms. The molecule has 0 saturated heterocycles. The minimum absolute atomic E-state index is 0.0604. The van der Waals surface area contributed by atoms with Crippen molar-refractivity contribution >= 4 is 5.97 Å². The van der Waals surface area contributed by atoms with Crippen molar-refractivity contribution in [2.45, 2.75) is 53.4 Å². The van der Waals surface area contributed by atoms with Gasteiger partial charge in [-0.1, -0.05) is 32.9 Å². The van der Waals surface area contributed by atoms with Crippen LogP contribution in [0, 0.1) is 17.3 Å². The summed E-state index contributed by atoms with van der Waals surface area (Å²) in [6.45, 7) is 13.1. The number of allylic oxidation sites excluding steroid dienone is 1. The maximum Gasteiger partial charge on any atom is 0.306 e. The van der Waals surface area contributed by atoms with Crippen molar-refractivity contribution in [2.75, 3.05) is 6.61 Å². The largest absolute Gasteiger partial charge is 0.466 e. The Kier molecular flexibility index (Phi) is 4.79. The second-order valence-corrected chi connectivity index (χ2v) is 6.16. The van der Waals surface area contributed by atoms with Crippen molar-refractivity contribution in [1.82, 2.24) is 0 Å². The summed E-state index contributed by atoms with van der Waals surface area (Å²) >= 11 is 0. The second-order valence-electron chi connectivity index (χ2n) is 6.16. The van der Waals surface area contributed by atoms with Gasteiger partial charge < -0.3 is 4.74 Å². The van der Waals surface area contributed by atoms with Gasteiger partial charge in [0, 0.05) is 6.42 Å². The Labute approximate surface area is 105 Å². The molecule has 2 atom stereocenters. The van der Waals surface area contributed by atoms with E-state index in [9.17, 15) is 4.79 Å². The van der Waals surface area contributed by atoms with Crippen LogP contribution in [0.15, 0.2) is 12.2 Å². The molecule has 1 fully saturated rings. The van der Waals surface area contributed by atoms with E-state index >= 15 is 0 Å². The fourth-order valence-corrected chi connectivity index (χ4v) is 2.71. The highest BCUT2D eigenvalue weighted by Crippen LogP contribution is 2.51. The van der Waals surface area contributed by atoms with Crippen LogP contribution in [-0.4, -0.2) is 12.6 Å². The molecule has 0 aromatic rings. The van der Waals surface area contributed by atoms with E-state index in [0.717, 1.165) is 6.42 Å². The number of rotatable bonds is 6. The lowest BCUT2D eigenvalue weighted by Gasteiger charge is -2.48. The topological polar surface area (TPSA) is 26.3 Å². The van der Waals surface area contributed by atoms with Gasteiger partial charge in [0.25, 0.3) is 0 Å². The van der Waals surface area contributed by atoms with Crippen molar-refractivity contribution < 1.29 is 9.53 Å². The zero-order valence-corrected chi connectivity index (χ0v) is 11.7. The molecule has 0 bridgehead atoms. The van der Waals surface area contributed by atoms with E-state index < -0.39 is 0 Å². The highest BCUT2D eigenvalue weighted by atomic mass is 16.5. The lowest BCUT2D eigenvalue weighted by atomic mass is 9.57. The molecule has 0 heterocycles. The Morgan fingerprint density at radius 1 is 1.53 bits per heavy atom. The minimum atomic E-state index is -0.0604. The molecule has 0 N–H and O–H groups in total. The number of esters is 1. The summed E-state index contributed by atoms with van der Waals surface area (Å²) in [5.41, 5.74) is 1.58. The predicted octanol–water partition coefficient (Wildman–Crippen LogP) is 3.96. The van der Waals surface area contributed by atoms with Gasteiger partial charge in [0.1, 0.15) is 0 Å². The van der Waals surface area contributed by atoms with E-state index in [1.165, 1.54) is 18.4 Å². The summed E-state index contributed by atoms with van der Waals surface area (Å²) in [4.78, 5) is 11.4. The number of carbonyl (C=O) groups is 1. The normalized spacial score (nSPS) is 27.7. The Bertz CT molecular complexity index is 293. The van der Waals surface area contributed by atoms with Crippen molar-refractivity contribution in [1.29, 1.82) is 0 Å². The second kappa shape index (κ2) is 5.70. The van der Waals surface area contributed by atoms with Gasteiger partial charge in [-0.3, -0.25) is 4.79 Å². The molecule has 1 rings (SSSR count). The molecule has 17 heavy (non-hydrogen) atoms. The molecule has 0 radical (unpaired) electrons. The van der Waals surface area contributed by atoms with E-state index in [-0.39, 0.29) is 5.97 Å². The third-order valence-electron chi connectivity index (χ3n) is 3.95. The van der Waals surface area contributed by atoms with Crippen LogP contribution < -0.4 is 0 Å². The van der Waals surface area contributed by atoms with Crippen molar-refractivity contribution in [3.8, 4) is 0 Å². The third kappa shape index (κ3) is 3.86. The quantitative estimate of drug-likeness (QED) is 0.517. The Hall–Kier alpha value is -0.790. The number of hydrogen-bond acceptors (Lipinski definition) is 2. The first kappa shape index (κ1) is 14.3. The molecule has 0 aromatic carbocycles. The van der Waals surface area contributed by atoms with Crippen LogP contribution in [0.1, 0.15) is 53.4 Å². The lowest BCUT2D eigenvalue weighted by Crippen LogP contribution is -2.39. The molecule has 98 valence electrons. The van der Waals surface area contributed by atoms with Crippen LogP contribution in [0.3, 0.4) is 0 Å². The molecule has 1 aliphatic carbocycles. The van der Waals surface area contributed by atoms with Crippen LogP contribution >= 0.6 is 0 Å². The first-order valence-electron chi connectivity index (χ1n) is 6.66. The molecule has 0 aromatic heterocycles. The lowest BCUT2D eigenvalue weighted by molar-refractivity contribution is -0.146. The van der Waals surface area contributed by atoms with Gasteiger partial charge in [0.15, 0.2) is 0 Å². The molecule has 0 amide bonds. The van der Waals surface area contributed by atoms with E-state index in [1.807, 2.05) is 13.8 Å². The highest BCUT2D eigenvalue weighted by Gasteiger charge is 2.42. The Morgan fingerprint density at radius 3 is 2.59 bits per heavy atom. The monoisotopic (exact) mass is 238 g/mol. The molecule has 0 spiro atoms. The van der Waals surface area contributed by atoms with Gasteiger partial charge in [-0.15, -0.1) is 0 Å². The van der Waals surface area contributed by atoms with Crippen LogP contribution in [0.25, 0.3) is 0 Å². The zero-order chi connectivity index (χ0) is 13.1. The maximum absolute atomic E-state index is 11.4. The van der Waals surface area contributed by atoms with Crippen LogP contribution in [-0.2, 0) is 9.53 Å². The number of hydrogen-bond donors (Lipinski definition) is 0. The summed E-state index contributed by atoms with van der Waals surface area (Å²) in [5, 5.41) is 0. The predicted molar refractivity (Wildman–Crippen MR) is 70.7 cm³/mol. The first-order valence-corrected chi connectivity index (χ1v) is 6.66. The Balaban J connectivity index is 2.27. The molecule has 2 nitrogen and oxygen atoms in total. The van der Waals surface area contributed by atoms with Gasteiger partial charge in [-0.2, -0.15) is 0 Å². The smallest absolute Gasteiger partial charge is 0.306 e. The Morgan fingerprint density at radius 2 is 2.18 bits per heavy atom. The van der Waals surface area contributed by atoms with Gasteiger partial charge in [0.05, 0.1) is 6.61 Å². The van der Waals surface area contributed by atoms with Gasteiger partial charge in [-0.05, 0) is 43.4 Å². The molecular weight excluding hydrogens is 212 g/mol. The third-order valence-corrected chi connectivity index (χ3v) is 3.95. The van der Waals surface area contributed by atoms with Crippen molar-refractivity contribution in [3.05, 3.63) is 12.2 Å². The van der Waals surface area contributed by atoms with Crippen LogP contribution in [0.2, 0.25) is 0 Å². The number of ether oxygens (including phenoxy) is 1. The summed E-state index contributed by atoms with van der Waals surface area (Å²) < 4.78 is 5.28. The van der Waals surface area contributed by atoms with Gasteiger partial charge >= 0.3 is 5.97 Å². The zero-order valence-electron chi connectivity index (χ0n) is 11.7. The van der Waals surface area contributed by atoms with Crippen LogP contribution in [0.4, 0.5) is 0 Å². The molecule has 1 aliphatic rings. The standard InChI is InChI=1S/C15H26O2/c1-11(2)10-14(16)17-9-8-15(5)7-6-13(15)12(3)4/h11,13H,3,6-10H2,1-2,4-5H3/t13-,15-/m0/s1. The van der Waals surface area contributed by atoms with Crippen molar-refractivity contribution in [3.63, 3.8) is 0 Å². The summed E-state index contributed by atoms with van der Waals surface area (Å²) in [5.74, 6) is 0.936. The van der Waals surface area contributed by atoms with Gasteiger partial charge in [0.2, 0.25) is 0 Å². The number of carbonyl (C=O) groups excluding carboxylic acids is 1. The maximum atomic E-state index is 11.4. The van der Waals surface area contributed by atoms with E-state index in [0.29, 0.717) is 30.3 Å². The molecule has 1 saturated carbocycles. The summed E-state index contributed by atoms with van der Waals surface area (Å²) in [6.07, 6.45) is 3.97. The fraction of sp³-hybridized carbons (Fsp3) is 0.800. The van der Waals surface area contributed by atoms with Gasteiger partial charge in [-0.25, -0.2) is 0 Å². The minimum Gasteiger partial charge on any atom is -0.466 e. The summed E-state index contributed by atoms with van der Waals surface area (Å²) in [7, 11) is 0. The molecular formula is C15H26O2.